The van der Waals surface area contributed by atoms with Gasteiger partial charge in [0.1, 0.15) is 5.75 Å². The molecule has 1 aromatic heterocycles. The Morgan fingerprint density at radius 1 is 0.909 bits per heavy atom. The Morgan fingerprint density at radius 2 is 1.67 bits per heavy atom. The van der Waals surface area contributed by atoms with Gasteiger partial charge in [0.25, 0.3) is 0 Å². The maximum absolute atomic E-state index is 5.78. The first-order valence-corrected chi connectivity index (χ1v) is 12.2. The van der Waals surface area contributed by atoms with Gasteiger partial charge in [-0.2, -0.15) is 5.10 Å². The van der Waals surface area contributed by atoms with Gasteiger partial charge in [-0.05, 0) is 48.7 Å². The van der Waals surface area contributed by atoms with Crippen LogP contribution in [-0.2, 0) is 0 Å². The van der Waals surface area contributed by atoms with Crippen LogP contribution in [0.3, 0.4) is 0 Å². The summed E-state index contributed by atoms with van der Waals surface area (Å²) in [6.45, 7) is 5.05. The van der Waals surface area contributed by atoms with Crippen molar-refractivity contribution in [3.05, 3.63) is 90.0 Å². The summed E-state index contributed by atoms with van der Waals surface area (Å²) in [5.41, 5.74) is 8.56. The molecule has 33 heavy (non-hydrogen) atoms. The number of rotatable bonds is 10. The van der Waals surface area contributed by atoms with Crippen LogP contribution in [0, 0.1) is 6.92 Å². The van der Waals surface area contributed by atoms with E-state index < -0.39 is 0 Å². The SMILES string of the molecule is CCCCCOc1ccc(/C=N\Nc2nc(-c3ccc(C)cc3)c(-c3ccccc3)s2)cc1. The lowest BCUT2D eigenvalue weighted by Crippen LogP contribution is -1.97. The monoisotopic (exact) mass is 455 g/mol. The molecule has 4 aromatic rings. The molecular weight excluding hydrogens is 426 g/mol. The molecule has 5 heteroatoms. The fourth-order valence-electron chi connectivity index (χ4n) is 3.41. The largest absolute Gasteiger partial charge is 0.494 e. The van der Waals surface area contributed by atoms with E-state index in [2.05, 4.69) is 72.9 Å². The van der Waals surface area contributed by atoms with E-state index in [1.54, 1.807) is 17.6 Å². The Balaban J connectivity index is 1.47. The van der Waals surface area contributed by atoms with E-state index in [0.717, 1.165) is 51.2 Å². The van der Waals surface area contributed by atoms with Crippen molar-refractivity contribution >= 4 is 22.7 Å². The number of anilines is 1. The first-order valence-electron chi connectivity index (χ1n) is 11.4. The summed E-state index contributed by atoms with van der Waals surface area (Å²) >= 11 is 1.61. The fourth-order valence-corrected chi connectivity index (χ4v) is 4.36. The summed E-state index contributed by atoms with van der Waals surface area (Å²) in [5.74, 6) is 0.895. The average molecular weight is 456 g/mol. The lowest BCUT2D eigenvalue weighted by Gasteiger charge is -2.05. The highest BCUT2D eigenvalue weighted by Gasteiger charge is 2.14. The Hall–Kier alpha value is -3.44. The minimum atomic E-state index is 0.761. The zero-order valence-electron chi connectivity index (χ0n) is 19.1. The lowest BCUT2D eigenvalue weighted by molar-refractivity contribution is 0.306. The van der Waals surface area contributed by atoms with E-state index in [1.807, 2.05) is 30.3 Å². The average Bonchev–Trinajstić information content (AvgIpc) is 3.28. The van der Waals surface area contributed by atoms with E-state index in [0.29, 0.717) is 0 Å². The molecule has 168 valence electrons. The second-order valence-electron chi connectivity index (χ2n) is 7.92. The van der Waals surface area contributed by atoms with Crippen LogP contribution in [0.5, 0.6) is 5.75 Å². The first-order chi connectivity index (χ1) is 16.2. The second kappa shape index (κ2) is 11.4. The zero-order valence-corrected chi connectivity index (χ0v) is 19.9. The molecule has 4 rings (SSSR count). The molecular formula is C28H29N3OS. The van der Waals surface area contributed by atoms with Crippen molar-refractivity contribution in [3.63, 3.8) is 0 Å². The first kappa shape index (κ1) is 22.7. The molecule has 1 N–H and O–H groups in total. The van der Waals surface area contributed by atoms with Gasteiger partial charge in [0.05, 0.1) is 23.4 Å². The topological polar surface area (TPSA) is 46.5 Å². The molecule has 0 bridgehead atoms. The van der Waals surface area contributed by atoms with E-state index in [-0.39, 0.29) is 0 Å². The van der Waals surface area contributed by atoms with Crippen LogP contribution >= 0.6 is 11.3 Å². The number of unbranched alkanes of at least 4 members (excludes halogenated alkanes) is 2. The maximum atomic E-state index is 5.78. The molecule has 0 radical (unpaired) electrons. The molecule has 0 unspecified atom stereocenters. The fraction of sp³-hybridized carbons (Fsp3) is 0.214. The number of hydrogen-bond acceptors (Lipinski definition) is 5. The summed E-state index contributed by atoms with van der Waals surface area (Å²) in [4.78, 5) is 5.98. The third kappa shape index (κ3) is 6.30. The minimum absolute atomic E-state index is 0.761. The number of thiazole rings is 1. The van der Waals surface area contributed by atoms with Crippen LogP contribution < -0.4 is 10.2 Å². The number of nitrogens with one attached hydrogen (secondary N) is 1. The van der Waals surface area contributed by atoms with Crippen molar-refractivity contribution in [3.8, 4) is 27.4 Å². The molecule has 0 aliphatic rings. The standard InChI is InChI=1S/C28H29N3OS/c1-3-4-8-19-32-25-17-13-22(14-18-25)20-29-31-28-30-26(23-15-11-21(2)12-16-23)27(33-28)24-9-6-5-7-10-24/h5-7,9-18,20H,3-4,8,19H2,1-2H3,(H,30,31)/b29-20-. The van der Waals surface area contributed by atoms with Crippen LogP contribution in [0.15, 0.2) is 84.0 Å². The molecule has 0 aliphatic heterocycles. The van der Waals surface area contributed by atoms with Crippen molar-refractivity contribution in [1.82, 2.24) is 4.98 Å². The van der Waals surface area contributed by atoms with Gasteiger partial charge in [-0.3, -0.25) is 5.43 Å². The molecule has 4 nitrogen and oxygen atoms in total. The van der Waals surface area contributed by atoms with Crippen LogP contribution in [0.25, 0.3) is 21.7 Å². The predicted molar refractivity (Wildman–Crippen MR) is 140 cm³/mol. The highest BCUT2D eigenvalue weighted by molar-refractivity contribution is 7.19. The van der Waals surface area contributed by atoms with Gasteiger partial charge >= 0.3 is 0 Å². The third-order valence-electron chi connectivity index (χ3n) is 5.26. The van der Waals surface area contributed by atoms with Crippen molar-refractivity contribution in [1.29, 1.82) is 0 Å². The molecule has 3 aromatic carbocycles. The number of benzene rings is 3. The normalized spacial score (nSPS) is 11.1. The second-order valence-corrected chi connectivity index (χ2v) is 8.92. The van der Waals surface area contributed by atoms with Crippen LogP contribution in [-0.4, -0.2) is 17.8 Å². The number of aromatic nitrogens is 1. The summed E-state index contributed by atoms with van der Waals surface area (Å²) in [6.07, 6.45) is 5.29. The van der Waals surface area contributed by atoms with E-state index in [4.69, 9.17) is 9.72 Å². The molecule has 0 aliphatic carbocycles. The van der Waals surface area contributed by atoms with Crippen molar-refractivity contribution in [2.75, 3.05) is 12.0 Å². The van der Waals surface area contributed by atoms with Crippen molar-refractivity contribution in [2.45, 2.75) is 33.1 Å². The highest BCUT2D eigenvalue weighted by Crippen LogP contribution is 2.39. The van der Waals surface area contributed by atoms with Crippen LogP contribution in [0.2, 0.25) is 0 Å². The number of hydrogen-bond donors (Lipinski definition) is 1. The van der Waals surface area contributed by atoms with Crippen LogP contribution in [0.4, 0.5) is 5.13 Å². The van der Waals surface area contributed by atoms with Gasteiger partial charge in [0.2, 0.25) is 5.13 Å². The van der Waals surface area contributed by atoms with Gasteiger partial charge in [-0.1, -0.05) is 91.3 Å². The summed E-state index contributed by atoms with van der Waals surface area (Å²) < 4.78 is 5.78. The van der Waals surface area contributed by atoms with Gasteiger partial charge in [0, 0.05) is 5.56 Å². The quantitative estimate of drug-likeness (QED) is 0.151. The number of ether oxygens (including phenoxy) is 1. The molecule has 0 saturated carbocycles. The number of aryl methyl sites for hydroxylation is 1. The van der Waals surface area contributed by atoms with Gasteiger partial charge in [-0.25, -0.2) is 4.98 Å². The molecule has 0 saturated heterocycles. The smallest absolute Gasteiger partial charge is 0.204 e. The third-order valence-corrected chi connectivity index (χ3v) is 6.27. The van der Waals surface area contributed by atoms with Crippen molar-refractivity contribution in [2.24, 2.45) is 5.10 Å². The summed E-state index contributed by atoms with van der Waals surface area (Å²) in [7, 11) is 0. The zero-order chi connectivity index (χ0) is 22.9. The molecule has 0 amide bonds. The molecule has 0 atom stereocenters. The Morgan fingerprint density at radius 3 is 2.39 bits per heavy atom. The Bertz CT molecular complexity index is 1170. The van der Waals surface area contributed by atoms with Crippen LogP contribution in [0.1, 0.15) is 37.3 Å². The highest BCUT2D eigenvalue weighted by atomic mass is 32.1. The molecule has 0 fully saturated rings. The summed E-state index contributed by atoms with van der Waals surface area (Å²) in [5, 5.41) is 5.18. The van der Waals surface area contributed by atoms with Crippen molar-refractivity contribution < 1.29 is 4.74 Å². The van der Waals surface area contributed by atoms with E-state index in [9.17, 15) is 0 Å². The van der Waals surface area contributed by atoms with Gasteiger partial charge in [-0.15, -0.1) is 0 Å². The lowest BCUT2D eigenvalue weighted by atomic mass is 10.1. The molecule has 0 spiro atoms. The van der Waals surface area contributed by atoms with Gasteiger partial charge < -0.3 is 4.74 Å². The van der Waals surface area contributed by atoms with Gasteiger partial charge in [0.15, 0.2) is 0 Å². The number of nitrogens with zero attached hydrogens (tertiary/aromatic N) is 2. The van der Waals surface area contributed by atoms with E-state index >= 15 is 0 Å². The number of hydrazone groups is 1. The minimum Gasteiger partial charge on any atom is -0.494 e. The maximum Gasteiger partial charge on any atom is 0.204 e. The summed E-state index contributed by atoms with van der Waals surface area (Å²) in [6, 6.07) is 26.8. The van der Waals surface area contributed by atoms with E-state index in [1.165, 1.54) is 18.4 Å². The Kier molecular flexibility index (Phi) is 7.88. The Labute approximate surface area is 200 Å². The predicted octanol–water partition coefficient (Wildman–Crippen LogP) is 7.80. The molecule has 1 heterocycles.